The highest BCUT2D eigenvalue weighted by atomic mass is 16.5. The van der Waals surface area contributed by atoms with Crippen molar-refractivity contribution in [1.29, 1.82) is 0 Å². The first-order valence-corrected chi connectivity index (χ1v) is 19.2. The van der Waals surface area contributed by atoms with Crippen LogP contribution < -0.4 is 9.47 Å². The molecule has 1 atom stereocenters. The van der Waals surface area contributed by atoms with Crippen LogP contribution in [0, 0.1) is 26.2 Å². The Bertz CT molecular complexity index is 2070. The average molecular weight is 663 g/mol. The zero-order valence-corrected chi connectivity index (χ0v) is 30.0. The largest absolute Gasteiger partial charge is 0.491 e. The fourth-order valence-electron chi connectivity index (χ4n) is 10.6. The highest BCUT2D eigenvalue weighted by Gasteiger charge is 2.53. The van der Waals surface area contributed by atoms with Crippen LogP contribution in [-0.2, 0) is 17.4 Å². The Hall–Kier alpha value is -4.08. The van der Waals surface area contributed by atoms with Gasteiger partial charge in [0.1, 0.15) is 18.1 Å². The van der Waals surface area contributed by atoms with Gasteiger partial charge in [0.2, 0.25) is 0 Å². The lowest BCUT2D eigenvalue weighted by atomic mass is 9.56. The Kier molecular flexibility index (Phi) is 7.66. The van der Waals surface area contributed by atoms with Gasteiger partial charge in [0.15, 0.2) is 5.60 Å². The summed E-state index contributed by atoms with van der Waals surface area (Å²) in [5, 5.41) is 11.9. The lowest BCUT2D eigenvalue weighted by Crippen LogP contribution is -2.41. The van der Waals surface area contributed by atoms with Gasteiger partial charge < -0.3 is 14.6 Å². The molecule has 256 valence electrons. The molecular formula is C47H50O3. The summed E-state index contributed by atoms with van der Waals surface area (Å²) in [6, 6.07) is 31.7. The molecule has 5 aromatic rings. The Morgan fingerprint density at radius 1 is 0.660 bits per heavy atom. The summed E-state index contributed by atoms with van der Waals surface area (Å²) in [7, 11) is 0. The van der Waals surface area contributed by atoms with Crippen molar-refractivity contribution < 1.29 is 14.6 Å². The molecule has 2 fully saturated rings. The van der Waals surface area contributed by atoms with Gasteiger partial charge >= 0.3 is 0 Å². The van der Waals surface area contributed by atoms with E-state index < -0.39 is 5.60 Å². The number of aliphatic hydroxyl groups is 1. The number of aliphatic hydroxyl groups excluding tert-OH is 1. The Balaban J connectivity index is 1.26. The molecule has 2 spiro atoms. The van der Waals surface area contributed by atoms with E-state index >= 15 is 0 Å². The molecule has 1 aliphatic heterocycles. The third-order valence-corrected chi connectivity index (χ3v) is 13.2. The van der Waals surface area contributed by atoms with Crippen molar-refractivity contribution >= 4 is 10.8 Å². The summed E-state index contributed by atoms with van der Waals surface area (Å²) in [6.45, 7) is 6.92. The summed E-state index contributed by atoms with van der Waals surface area (Å²) in [6.07, 6.45) is 14.0. The molecular weight excluding hydrogens is 613 g/mol. The maximum Gasteiger partial charge on any atom is 0.159 e. The van der Waals surface area contributed by atoms with Gasteiger partial charge in [-0.3, -0.25) is 0 Å². The van der Waals surface area contributed by atoms with Crippen LogP contribution in [0.2, 0.25) is 0 Å². The van der Waals surface area contributed by atoms with Crippen molar-refractivity contribution in [3.05, 3.63) is 129 Å². The smallest absolute Gasteiger partial charge is 0.159 e. The molecule has 3 aliphatic carbocycles. The van der Waals surface area contributed by atoms with Crippen molar-refractivity contribution in [1.82, 2.24) is 0 Å². The van der Waals surface area contributed by atoms with E-state index in [0.29, 0.717) is 5.41 Å². The van der Waals surface area contributed by atoms with Gasteiger partial charge in [-0.25, -0.2) is 0 Å². The third kappa shape index (κ3) is 4.87. The molecule has 50 heavy (non-hydrogen) atoms. The Labute approximate surface area is 297 Å². The van der Waals surface area contributed by atoms with E-state index in [1.54, 1.807) is 11.1 Å². The predicted octanol–water partition coefficient (Wildman–Crippen LogP) is 11.2. The lowest BCUT2D eigenvalue weighted by molar-refractivity contribution is 0.0826. The molecule has 1 N–H and O–H groups in total. The van der Waals surface area contributed by atoms with Crippen LogP contribution in [0.15, 0.2) is 84.9 Å². The quantitative estimate of drug-likeness (QED) is 0.204. The van der Waals surface area contributed by atoms with Gasteiger partial charge in [-0.15, -0.1) is 0 Å². The number of ether oxygens (including phenoxy) is 2. The lowest BCUT2D eigenvalue weighted by Gasteiger charge is -2.49. The number of rotatable bonds is 5. The van der Waals surface area contributed by atoms with Crippen LogP contribution in [0.25, 0.3) is 21.9 Å². The maximum absolute atomic E-state index is 9.35. The molecule has 0 saturated heterocycles. The molecule has 5 aromatic carbocycles. The minimum Gasteiger partial charge on any atom is -0.491 e. The van der Waals surface area contributed by atoms with Gasteiger partial charge in [0.05, 0.1) is 6.61 Å². The number of hydrogen-bond acceptors (Lipinski definition) is 3. The number of hydrogen-bond donors (Lipinski definition) is 1. The van der Waals surface area contributed by atoms with Crippen molar-refractivity contribution in [3.8, 4) is 22.6 Å². The predicted molar refractivity (Wildman–Crippen MR) is 204 cm³/mol. The number of aryl methyl sites for hydroxylation is 3. The topological polar surface area (TPSA) is 38.7 Å². The summed E-state index contributed by atoms with van der Waals surface area (Å²) in [5.41, 5.74) is 13.6. The Morgan fingerprint density at radius 2 is 1.32 bits per heavy atom. The fraction of sp³-hybridized carbons (Fsp3) is 0.404. The zero-order valence-electron chi connectivity index (χ0n) is 30.0. The van der Waals surface area contributed by atoms with Gasteiger partial charge in [-0.1, -0.05) is 103 Å². The van der Waals surface area contributed by atoms with E-state index in [2.05, 4.69) is 93.6 Å². The van der Waals surface area contributed by atoms with Crippen LogP contribution in [-0.4, -0.2) is 18.3 Å². The summed E-state index contributed by atoms with van der Waals surface area (Å²) >= 11 is 0. The van der Waals surface area contributed by atoms with Crippen molar-refractivity contribution in [2.75, 3.05) is 13.2 Å². The van der Waals surface area contributed by atoms with Crippen molar-refractivity contribution in [2.24, 2.45) is 5.41 Å². The second kappa shape index (κ2) is 12.0. The third-order valence-electron chi connectivity index (χ3n) is 13.2. The van der Waals surface area contributed by atoms with E-state index in [9.17, 15) is 5.11 Å². The molecule has 0 amide bonds. The first-order chi connectivity index (χ1) is 24.3. The highest BCUT2D eigenvalue weighted by Crippen LogP contribution is 2.65. The first kappa shape index (κ1) is 31.9. The van der Waals surface area contributed by atoms with Gasteiger partial charge in [-0.05, 0) is 135 Å². The van der Waals surface area contributed by atoms with E-state index in [4.69, 9.17) is 9.47 Å². The highest BCUT2D eigenvalue weighted by molar-refractivity contribution is 6.07. The molecule has 0 bridgehead atoms. The standard InChI is InChI=1S/C47H50O3/c1-31-7-11-34(12-8-31)47(35-13-15-36(16-14-35)49-28-27-48)22-19-39-43-42(37-17-9-32(2)29-40(37)44(39)50-47)38-18-10-33(3)30-41(38)46(43)25-23-45(24-26-46)20-5-4-6-21-45/h7-18,29-30,48H,4-6,19-28H2,1-3H3. The SMILES string of the molecule is Cc1ccc(C2(c3ccc(OCCO)cc3)CCc3c4c(c5ccc(C)cc5c3O2)-c2ccc(C)cc2C42CCC3(CCCCC3)CC2)cc1. The van der Waals surface area contributed by atoms with Crippen LogP contribution in [0.3, 0.4) is 0 Å². The normalized spacial score (nSPS) is 21.4. The molecule has 0 radical (unpaired) electrons. The summed E-state index contributed by atoms with van der Waals surface area (Å²) in [4.78, 5) is 0. The minimum atomic E-state index is -0.644. The maximum atomic E-state index is 9.35. The summed E-state index contributed by atoms with van der Waals surface area (Å²) < 4.78 is 13.5. The number of benzene rings is 5. The molecule has 4 aliphatic rings. The molecule has 0 aromatic heterocycles. The molecule has 1 unspecified atom stereocenters. The fourth-order valence-corrected chi connectivity index (χ4v) is 10.6. The second-order valence-corrected chi connectivity index (χ2v) is 16.2. The van der Waals surface area contributed by atoms with Crippen molar-refractivity contribution in [2.45, 2.75) is 102 Å². The molecule has 9 rings (SSSR count). The number of fused-ring (bicyclic) bond motifs is 10. The van der Waals surface area contributed by atoms with Crippen LogP contribution in [0.1, 0.15) is 109 Å². The van der Waals surface area contributed by atoms with Gasteiger partial charge in [0.25, 0.3) is 0 Å². The van der Waals surface area contributed by atoms with E-state index in [1.807, 2.05) is 12.1 Å². The van der Waals surface area contributed by atoms with Crippen LogP contribution in [0.5, 0.6) is 11.5 Å². The van der Waals surface area contributed by atoms with Crippen LogP contribution in [0.4, 0.5) is 0 Å². The van der Waals surface area contributed by atoms with Crippen LogP contribution >= 0.6 is 0 Å². The van der Waals surface area contributed by atoms with Gasteiger partial charge in [-0.2, -0.15) is 0 Å². The summed E-state index contributed by atoms with van der Waals surface area (Å²) in [5.74, 6) is 1.84. The second-order valence-electron chi connectivity index (χ2n) is 16.2. The van der Waals surface area contributed by atoms with Gasteiger partial charge in [0, 0.05) is 16.4 Å². The molecule has 2 saturated carbocycles. The van der Waals surface area contributed by atoms with E-state index in [1.165, 1.54) is 108 Å². The van der Waals surface area contributed by atoms with E-state index in [0.717, 1.165) is 29.9 Å². The van der Waals surface area contributed by atoms with Crippen molar-refractivity contribution in [3.63, 3.8) is 0 Å². The Morgan fingerprint density at radius 3 is 2.04 bits per heavy atom. The van der Waals surface area contributed by atoms with E-state index in [-0.39, 0.29) is 18.6 Å². The first-order valence-electron chi connectivity index (χ1n) is 19.2. The average Bonchev–Trinajstić information content (AvgIpc) is 3.42. The minimum absolute atomic E-state index is 0.00231. The molecule has 1 heterocycles. The molecule has 3 heteroatoms. The zero-order chi connectivity index (χ0) is 34.1. The molecule has 3 nitrogen and oxygen atoms in total. The monoisotopic (exact) mass is 662 g/mol.